The van der Waals surface area contributed by atoms with Gasteiger partial charge in [0.1, 0.15) is 65.9 Å². The van der Waals surface area contributed by atoms with Crippen LogP contribution < -0.4 is 70.0 Å². The zero-order chi connectivity index (χ0) is 106. The lowest BCUT2D eigenvalue weighted by Gasteiger charge is -2.29. The number of aromatic amines is 3. The van der Waals surface area contributed by atoms with E-state index in [1.807, 2.05) is 0 Å². The SMILES string of the molecule is CC(C)C[C@H]1NC(=O)[C@H](CCC(=O)O)NC(=O)CNC(=O)[C@H](CCCCN)NC(=O)[C@H](Cc2c[nH]cn2)CC(=O)[C@H](Cc2c[nH]c3ccccc23)NC(=O)[C@@H](C)NC(=O)[C@H](NC(=O)[C@H](CC(=O)O)CC(=O)CCOCCOCCOCCOCCOCCOCCOCCOCCCC(=O)C2CC3C=CC2C3)CSSC[C@H](C(=O)N[C@H](C(N)=O)C(C)O)NC(=O)[C@H](Cc2c[nH]c3ccccc23)NC(=O)[C@H](C(C)C)NC1=O. The number of carbonyl (C=O) groups excluding carboxylic acids is 15. The Labute approximate surface area is 855 Å². The Bertz CT molecular complexity index is 5100. The molecule has 21 N–H and O–H groups in total. The van der Waals surface area contributed by atoms with Crippen molar-refractivity contribution >= 4 is 144 Å². The first kappa shape index (κ1) is 120. The number of unbranched alkanes of at least 4 members (excludes halogenated alkanes) is 1. The molecule has 12 amide bonds. The van der Waals surface area contributed by atoms with E-state index in [1.54, 1.807) is 88.6 Å². The third-order valence-electron chi connectivity index (χ3n) is 24.7. The molecule has 0 spiro atoms. The number of primary amides is 1. The van der Waals surface area contributed by atoms with Gasteiger partial charge in [-0.2, -0.15) is 0 Å². The van der Waals surface area contributed by atoms with Crippen LogP contribution in [0.4, 0.5) is 0 Å². The predicted molar refractivity (Wildman–Crippen MR) is 537 cm³/mol. The minimum atomic E-state index is -1.79. The van der Waals surface area contributed by atoms with Gasteiger partial charge in [-0.3, -0.25) is 81.5 Å². The number of hydrogen-bond acceptors (Lipinski definition) is 30. The first-order chi connectivity index (χ1) is 70.0. The van der Waals surface area contributed by atoms with E-state index in [1.165, 1.54) is 19.4 Å². The fourth-order valence-corrected chi connectivity index (χ4v) is 19.1. The highest BCUT2D eigenvalue weighted by molar-refractivity contribution is 8.76. The van der Waals surface area contributed by atoms with Gasteiger partial charge in [-0.25, -0.2) is 4.98 Å². The van der Waals surface area contributed by atoms with Crippen molar-refractivity contribution < 1.29 is 135 Å². The van der Waals surface area contributed by atoms with Gasteiger partial charge in [0.05, 0.1) is 148 Å². The van der Waals surface area contributed by atoms with Gasteiger partial charge < -0.3 is 138 Å². The average molecular weight is 2090 g/mol. The molecule has 4 unspecified atom stereocenters. The number of nitrogens with two attached hydrogens (primary N) is 2. The van der Waals surface area contributed by atoms with Gasteiger partial charge in [-0.15, -0.1) is 0 Å². The maximum absolute atomic E-state index is 15.3. The second-order valence-electron chi connectivity index (χ2n) is 37.1. The summed E-state index contributed by atoms with van der Waals surface area (Å²) < 4.78 is 44.7. The topological polar surface area (TPSA) is 669 Å². The molecule has 16 atom stereocenters. The largest absolute Gasteiger partial charge is 0.481 e. The van der Waals surface area contributed by atoms with Crippen LogP contribution in [-0.2, 0) is 139 Å². The van der Waals surface area contributed by atoms with Crippen LogP contribution in [0.3, 0.4) is 0 Å². The van der Waals surface area contributed by atoms with E-state index in [2.05, 4.69) is 90.6 Å². The number of carboxylic acids is 2. The number of aliphatic hydroxyl groups is 1. The molecule has 1 aliphatic heterocycles. The van der Waals surface area contributed by atoms with Gasteiger partial charge in [0.25, 0.3) is 0 Å². The Hall–Kier alpha value is -11.6. The molecule has 2 fully saturated rings. The molecule has 2 bridgehead atoms. The van der Waals surface area contributed by atoms with Crippen molar-refractivity contribution in [3.05, 3.63) is 102 Å². The maximum atomic E-state index is 15.3. The zero-order valence-corrected chi connectivity index (χ0v) is 85.2. The Morgan fingerprint density at radius 1 is 0.527 bits per heavy atom. The average Bonchev–Trinajstić information content (AvgIpc) is 1.67. The van der Waals surface area contributed by atoms with Gasteiger partial charge in [0.2, 0.25) is 70.9 Å². The number of para-hydroxylation sites is 2. The normalized spacial score (nSPS) is 22.4. The number of Topliss-reactive ketones (excluding diaryl/α,β-unsaturated/α-hetero) is 3. The number of rotatable bonds is 55. The molecule has 2 aliphatic carbocycles. The number of H-pyrrole nitrogens is 3. The summed E-state index contributed by atoms with van der Waals surface area (Å²) in [5.74, 6) is -20.4. The van der Waals surface area contributed by atoms with Crippen molar-refractivity contribution in [3.63, 3.8) is 0 Å². The van der Waals surface area contributed by atoms with E-state index >= 15 is 19.2 Å². The van der Waals surface area contributed by atoms with E-state index in [0.717, 1.165) is 41.4 Å². The molecule has 3 aromatic heterocycles. The van der Waals surface area contributed by atoms with E-state index in [9.17, 15) is 77.6 Å². The number of hydrogen-bond donors (Lipinski definition) is 19. The summed E-state index contributed by atoms with van der Waals surface area (Å²) in [5, 5.41) is 60.5. The number of nitrogens with one attached hydrogen (secondary N) is 14. The third kappa shape index (κ3) is 42.3. The van der Waals surface area contributed by atoms with E-state index < -0.39 is 229 Å². The second kappa shape index (κ2) is 64.5. The van der Waals surface area contributed by atoms with Crippen molar-refractivity contribution in [3.8, 4) is 0 Å². The fourth-order valence-electron chi connectivity index (χ4n) is 16.8. The Morgan fingerprint density at radius 3 is 1.62 bits per heavy atom. The highest BCUT2D eigenvalue weighted by Gasteiger charge is 2.42. The summed E-state index contributed by atoms with van der Waals surface area (Å²) in [7, 11) is 1.55. The number of fused-ring (bicyclic) bond motifs is 4. The van der Waals surface area contributed by atoms with Crippen LogP contribution in [0.15, 0.2) is 85.6 Å². The highest BCUT2D eigenvalue weighted by Crippen LogP contribution is 2.44. The molecule has 45 nitrogen and oxygen atoms in total. The molecule has 2 aromatic carbocycles. The number of imidazole rings is 1. The minimum Gasteiger partial charge on any atom is -0.481 e. The van der Waals surface area contributed by atoms with Gasteiger partial charge >= 0.3 is 11.9 Å². The first-order valence-electron chi connectivity index (χ1n) is 49.7. The Kier molecular flexibility index (Phi) is 52.8. The van der Waals surface area contributed by atoms with Crippen molar-refractivity contribution in [2.75, 3.05) is 130 Å². The van der Waals surface area contributed by atoms with Crippen LogP contribution >= 0.6 is 21.6 Å². The van der Waals surface area contributed by atoms with Crippen LogP contribution in [0.25, 0.3) is 21.8 Å². The standard InChI is InChI=1S/C99H145N17O28S2/c1-58(2)42-78-96(133)115-87(59(3)4)99(136)112-79(48-67-52-104-74-17-10-8-15-71(67)74)95(132)114-81(98(135)116-88(61(6)117)89(101)126)56-146-145-55-80(113-92(129)65(50-86(124)125)46-69(118)24-27-138-29-31-140-33-35-142-37-39-144-41-40-143-38-36-141-34-32-139-30-28-137-26-13-19-82(119)72-44-62-20-21-63(72)43-62)97(134)107-60(5)90(127)110-77(47-66-51-103-73-16-9-7-14-70(66)73)83(120)49-64(45-68-53-102-57-106-68)91(128)109-75(18-11-12-25-100)93(130)105-54-84(121)108-76(94(131)111-78)22-23-85(122)123/h7-10,14-17,20-21,51-53,57-65,72,75-81,87-88,103-104,117H,11-13,18-19,22-50,54-56,100H2,1-6H3,(H2,101,126)(H,102,106)(H,105,130)(H,107,134)(H,108,121)(H,109,128)(H,110,127)(H,111,131)(H,112,136)(H,113,129)(H,114,132)(H,115,133)(H,116,135)(H,122,123)(H,124,125)/t60-,61?,62?,63?,64-,65+,72?,75+,76+,77+,78-,79+,80-,81-,87+,88+/m1/s1. The number of ether oxygens (including phenoxy) is 8. The molecular formula is C99H145N17O28S2. The molecule has 5 aromatic rings. The summed E-state index contributed by atoms with van der Waals surface area (Å²) >= 11 is 0. The van der Waals surface area contributed by atoms with E-state index in [0.29, 0.717) is 136 Å². The Morgan fingerprint density at radius 2 is 1.08 bits per heavy atom. The third-order valence-corrected chi connectivity index (χ3v) is 27.1. The quantitative estimate of drug-likeness (QED) is 0.0147. The number of carbonyl (C=O) groups is 17. The summed E-state index contributed by atoms with van der Waals surface area (Å²) in [6.45, 7) is 12.8. The zero-order valence-electron chi connectivity index (χ0n) is 83.6. The number of carboxylic acid groups (broad SMARTS) is 2. The first-order valence-corrected chi connectivity index (χ1v) is 52.2. The van der Waals surface area contributed by atoms with Crippen LogP contribution in [-0.4, -0.2) is 332 Å². The lowest BCUT2D eigenvalue weighted by atomic mass is 9.88. The summed E-state index contributed by atoms with van der Waals surface area (Å²) in [4.78, 5) is 255. The number of amides is 12. The second-order valence-corrected chi connectivity index (χ2v) is 39.7. The summed E-state index contributed by atoms with van der Waals surface area (Å²) in [6, 6.07) is -2.34. The van der Waals surface area contributed by atoms with Crippen molar-refractivity contribution in [1.82, 2.24) is 78.4 Å². The van der Waals surface area contributed by atoms with Crippen LogP contribution in [0.1, 0.15) is 148 Å². The molecule has 47 heteroatoms. The number of aliphatic hydroxyl groups excluding tert-OH is 1. The van der Waals surface area contributed by atoms with E-state index in [4.69, 9.17) is 49.4 Å². The molecule has 0 radical (unpaired) electrons. The van der Waals surface area contributed by atoms with Crippen LogP contribution in [0.2, 0.25) is 0 Å². The predicted octanol–water partition coefficient (Wildman–Crippen LogP) is 1.05. The van der Waals surface area contributed by atoms with E-state index in [-0.39, 0.29) is 109 Å². The molecule has 3 aliphatic rings. The summed E-state index contributed by atoms with van der Waals surface area (Å²) in [6.07, 6.45) is 7.95. The number of benzene rings is 2. The smallest absolute Gasteiger partial charge is 0.304 e. The van der Waals surface area contributed by atoms with Crippen molar-refractivity contribution in [2.45, 2.75) is 217 Å². The molecule has 1 saturated heterocycles. The van der Waals surface area contributed by atoms with Gasteiger partial charge in [-0.05, 0) is 119 Å². The monoisotopic (exact) mass is 2080 g/mol. The number of allylic oxidation sites excluding steroid dienone is 2. The Balaban J connectivity index is 0.977. The number of aromatic nitrogens is 4. The van der Waals surface area contributed by atoms with Gasteiger partial charge in [-0.1, -0.05) is 97.8 Å². The van der Waals surface area contributed by atoms with Crippen molar-refractivity contribution in [2.24, 2.45) is 52.9 Å². The minimum absolute atomic E-state index is 0.0283. The number of nitrogens with zero attached hydrogens (tertiary/aromatic N) is 1. The van der Waals surface area contributed by atoms with Crippen molar-refractivity contribution in [1.29, 1.82) is 0 Å². The lowest BCUT2D eigenvalue weighted by Crippen LogP contribution is -2.61. The number of aliphatic carboxylic acids is 2. The van der Waals surface area contributed by atoms with Crippen LogP contribution in [0.5, 0.6) is 0 Å². The highest BCUT2D eigenvalue weighted by atomic mass is 33.1. The molecule has 146 heavy (non-hydrogen) atoms. The lowest BCUT2D eigenvalue weighted by molar-refractivity contribution is -0.142. The van der Waals surface area contributed by atoms with Crippen LogP contribution in [0, 0.1) is 41.4 Å². The number of ketones is 3. The molecule has 8 rings (SSSR count). The van der Waals surface area contributed by atoms with Gasteiger partial charge in [0, 0.05) is 116 Å². The summed E-state index contributed by atoms with van der Waals surface area (Å²) in [5.41, 5.74) is 14.0. The molecule has 4 heterocycles. The molecule has 1 saturated carbocycles. The maximum Gasteiger partial charge on any atom is 0.304 e. The molecule has 806 valence electrons. The van der Waals surface area contributed by atoms with Gasteiger partial charge in [0.15, 0.2) is 5.78 Å². The molecular weight excluding hydrogens is 1940 g/mol. The fraction of sp³-hybridized carbons (Fsp3) is 0.616.